The molecule has 10 aromatic rings. The molecule has 8 aromatic carbocycles. The van der Waals surface area contributed by atoms with Crippen molar-refractivity contribution < 1.29 is 0 Å². The molecule has 2 aromatic heterocycles. The van der Waals surface area contributed by atoms with Crippen LogP contribution in [0, 0.1) is 0 Å². The molecule has 0 aliphatic carbocycles. The second-order valence-electron chi connectivity index (χ2n) is 14.8. The van der Waals surface area contributed by atoms with Gasteiger partial charge in [-0.25, -0.2) is 15.0 Å². The maximum Gasteiger partial charge on any atom is 0.164 e. The zero-order valence-electron chi connectivity index (χ0n) is 34.3. The standard InChI is InChI=1S/C56H41N7/c1-8-23-42(24-9-1)54-58-55(43-25-10-2-11-26-43)60-56(59-54)44-39-51(61(45-27-12-3-13-28-45)46-29-14-4-15-30-46)53(63(49-35-20-7-21-36-49)50-37-22-38-57-41-50)52(40-44)62(47-31-16-5-17-32-47)48-33-18-6-19-34-48/h1-41H. The minimum Gasteiger partial charge on any atom is -0.308 e. The van der Waals surface area contributed by atoms with Crippen molar-refractivity contribution >= 4 is 51.2 Å². The molecule has 0 spiro atoms. The molecule has 0 aliphatic heterocycles. The monoisotopic (exact) mass is 811 g/mol. The zero-order valence-corrected chi connectivity index (χ0v) is 34.3. The second kappa shape index (κ2) is 17.9. The van der Waals surface area contributed by atoms with Gasteiger partial charge in [0.1, 0.15) is 0 Å². The van der Waals surface area contributed by atoms with Crippen LogP contribution in [0.2, 0.25) is 0 Å². The third-order valence-electron chi connectivity index (χ3n) is 10.7. The first-order valence-corrected chi connectivity index (χ1v) is 20.9. The Morgan fingerprint density at radius 2 is 0.571 bits per heavy atom. The number of nitrogens with zero attached hydrogens (tertiary/aromatic N) is 7. The Morgan fingerprint density at radius 3 is 0.905 bits per heavy atom. The molecular weight excluding hydrogens is 771 g/mol. The third-order valence-corrected chi connectivity index (χ3v) is 10.7. The normalized spacial score (nSPS) is 10.9. The minimum absolute atomic E-state index is 0.534. The van der Waals surface area contributed by atoms with Crippen LogP contribution in [-0.2, 0) is 0 Å². The number of benzene rings is 8. The van der Waals surface area contributed by atoms with Gasteiger partial charge in [-0.05, 0) is 84.9 Å². The lowest BCUT2D eigenvalue weighted by atomic mass is 10.0. The summed E-state index contributed by atoms with van der Waals surface area (Å²) in [5.41, 5.74) is 11.0. The van der Waals surface area contributed by atoms with Crippen LogP contribution in [-0.4, -0.2) is 19.9 Å². The molecule has 7 nitrogen and oxygen atoms in total. The number of para-hydroxylation sites is 5. The lowest BCUT2D eigenvalue weighted by Crippen LogP contribution is -2.21. The van der Waals surface area contributed by atoms with E-state index in [2.05, 4.69) is 183 Å². The first-order chi connectivity index (χ1) is 31.3. The van der Waals surface area contributed by atoms with E-state index in [0.29, 0.717) is 17.5 Å². The van der Waals surface area contributed by atoms with Gasteiger partial charge in [0.15, 0.2) is 17.5 Å². The van der Waals surface area contributed by atoms with Crippen molar-refractivity contribution in [2.24, 2.45) is 0 Å². The molecule has 0 atom stereocenters. The summed E-state index contributed by atoms with van der Waals surface area (Å²) >= 11 is 0. The molecule has 0 bridgehead atoms. The topological polar surface area (TPSA) is 61.3 Å². The van der Waals surface area contributed by atoms with Gasteiger partial charge in [-0.1, -0.05) is 152 Å². The van der Waals surface area contributed by atoms with Crippen molar-refractivity contribution in [2.45, 2.75) is 0 Å². The van der Waals surface area contributed by atoms with Gasteiger partial charge in [0.25, 0.3) is 0 Å². The fraction of sp³-hybridized carbons (Fsp3) is 0. The molecule has 0 saturated carbocycles. The van der Waals surface area contributed by atoms with Crippen LogP contribution < -0.4 is 14.7 Å². The predicted octanol–water partition coefficient (Wildman–Crippen LogP) is 14.7. The van der Waals surface area contributed by atoms with Gasteiger partial charge in [-0.15, -0.1) is 0 Å². The maximum atomic E-state index is 5.30. The fourth-order valence-electron chi connectivity index (χ4n) is 7.87. The largest absolute Gasteiger partial charge is 0.308 e. The molecule has 2 heterocycles. The molecule has 63 heavy (non-hydrogen) atoms. The van der Waals surface area contributed by atoms with Gasteiger partial charge in [0, 0.05) is 51.3 Å². The Balaban J connectivity index is 1.38. The summed E-state index contributed by atoms with van der Waals surface area (Å²) in [6, 6.07) is 81.3. The van der Waals surface area contributed by atoms with Gasteiger partial charge in [-0.2, -0.15) is 0 Å². The van der Waals surface area contributed by atoms with E-state index in [1.165, 1.54) is 0 Å². The summed E-state index contributed by atoms with van der Waals surface area (Å²) in [5, 5.41) is 0. The summed E-state index contributed by atoms with van der Waals surface area (Å²) < 4.78 is 0. The zero-order chi connectivity index (χ0) is 42.2. The third kappa shape index (κ3) is 8.14. The van der Waals surface area contributed by atoms with Crippen molar-refractivity contribution in [2.75, 3.05) is 14.7 Å². The Bertz CT molecular complexity index is 2750. The highest BCUT2D eigenvalue weighted by atomic mass is 15.3. The van der Waals surface area contributed by atoms with Crippen LogP contribution in [0.5, 0.6) is 0 Å². The van der Waals surface area contributed by atoms with Crippen LogP contribution in [0.1, 0.15) is 0 Å². The quantitative estimate of drug-likeness (QED) is 0.122. The van der Waals surface area contributed by atoms with E-state index in [1.807, 2.05) is 85.2 Å². The summed E-state index contributed by atoms with van der Waals surface area (Å²) in [7, 11) is 0. The second-order valence-corrected chi connectivity index (χ2v) is 14.8. The average Bonchev–Trinajstić information content (AvgIpc) is 3.37. The van der Waals surface area contributed by atoms with Gasteiger partial charge >= 0.3 is 0 Å². The van der Waals surface area contributed by atoms with E-state index < -0.39 is 0 Å². The maximum absolute atomic E-state index is 5.30. The first kappa shape index (κ1) is 38.5. The molecule has 0 saturated heterocycles. The van der Waals surface area contributed by atoms with E-state index in [1.54, 1.807) is 0 Å². The predicted molar refractivity (Wildman–Crippen MR) is 258 cm³/mol. The number of aromatic nitrogens is 4. The highest BCUT2D eigenvalue weighted by Crippen LogP contribution is 2.54. The SMILES string of the molecule is c1ccc(-c2nc(-c3ccccc3)nc(-c3cc(N(c4ccccc4)c4ccccc4)c(N(c4ccccc4)c4cccnc4)c(N(c4ccccc4)c4ccccc4)c3)n2)cc1. The van der Waals surface area contributed by atoms with Crippen molar-refractivity contribution in [3.63, 3.8) is 0 Å². The molecule has 0 N–H and O–H groups in total. The molecule has 300 valence electrons. The molecule has 0 radical (unpaired) electrons. The number of anilines is 9. The van der Waals surface area contributed by atoms with E-state index in [0.717, 1.165) is 67.9 Å². The molecule has 0 amide bonds. The molecule has 0 fully saturated rings. The van der Waals surface area contributed by atoms with Gasteiger partial charge in [0.05, 0.1) is 28.9 Å². The van der Waals surface area contributed by atoms with Crippen LogP contribution in [0.3, 0.4) is 0 Å². The van der Waals surface area contributed by atoms with Gasteiger partial charge < -0.3 is 14.7 Å². The van der Waals surface area contributed by atoms with Crippen LogP contribution in [0.25, 0.3) is 34.2 Å². The Hall–Kier alpha value is -8.68. The highest BCUT2D eigenvalue weighted by molar-refractivity contribution is 6.03. The Morgan fingerprint density at radius 1 is 0.270 bits per heavy atom. The van der Waals surface area contributed by atoms with E-state index in [9.17, 15) is 0 Å². The smallest absolute Gasteiger partial charge is 0.164 e. The van der Waals surface area contributed by atoms with Crippen LogP contribution in [0.15, 0.2) is 249 Å². The van der Waals surface area contributed by atoms with Crippen molar-refractivity contribution in [3.05, 3.63) is 249 Å². The summed E-state index contributed by atoms with van der Waals surface area (Å²) in [6.07, 6.45) is 3.73. The summed E-state index contributed by atoms with van der Waals surface area (Å²) in [5.74, 6) is 1.70. The fourth-order valence-corrected chi connectivity index (χ4v) is 7.87. The number of rotatable bonds is 12. The first-order valence-electron chi connectivity index (χ1n) is 20.9. The lowest BCUT2D eigenvalue weighted by molar-refractivity contribution is 1.07. The lowest BCUT2D eigenvalue weighted by Gasteiger charge is -2.38. The molecule has 7 heteroatoms. The Labute approximate surface area is 367 Å². The van der Waals surface area contributed by atoms with Crippen LogP contribution in [0.4, 0.5) is 51.2 Å². The molecule has 0 aliphatic rings. The van der Waals surface area contributed by atoms with Gasteiger partial charge in [-0.3, -0.25) is 4.98 Å². The molecular formula is C56H41N7. The van der Waals surface area contributed by atoms with E-state index in [-0.39, 0.29) is 0 Å². The van der Waals surface area contributed by atoms with Gasteiger partial charge in [0.2, 0.25) is 0 Å². The van der Waals surface area contributed by atoms with E-state index in [4.69, 9.17) is 15.0 Å². The minimum atomic E-state index is 0.534. The van der Waals surface area contributed by atoms with Crippen molar-refractivity contribution in [3.8, 4) is 34.2 Å². The number of hydrogen-bond donors (Lipinski definition) is 0. The van der Waals surface area contributed by atoms with Crippen molar-refractivity contribution in [1.29, 1.82) is 0 Å². The Kier molecular flexibility index (Phi) is 10.9. The molecule has 0 unspecified atom stereocenters. The number of hydrogen-bond acceptors (Lipinski definition) is 7. The van der Waals surface area contributed by atoms with Crippen LogP contribution >= 0.6 is 0 Å². The average molecular weight is 812 g/mol. The highest BCUT2D eigenvalue weighted by Gasteiger charge is 2.30. The number of pyridine rings is 1. The molecule has 10 rings (SSSR count). The summed E-state index contributed by atoms with van der Waals surface area (Å²) in [4.78, 5) is 27.3. The van der Waals surface area contributed by atoms with E-state index >= 15 is 0 Å². The van der Waals surface area contributed by atoms with Crippen molar-refractivity contribution in [1.82, 2.24) is 19.9 Å². The summed E-state index contributed by atoms with van der Waals surface area (Å²) in [6.45, 7) is 0.